The van der Waals surface area contributed by atoms with Gasteiger partial charge in [-0.2, -0.15) is 13.6 Å². The van der Waals surface area contributed by atoms with E-state index < -0.39 is 21.1 Å². The van der Waals surface area contributed by atoms with Crippen molar-refractivity contribution >= 4 is 26.7 Å². The molecule has 1 heterocycles. The Morgan fingerprint density at radius 3 is 2.20 bits per heavy atom. The third-order valence-corrected chi connectivity index (χ3v) is 6.64. The molecule has 1 aliphatic carbocycles. The average Bonchev–Trinajstić information content (AvgIpc) is 2.87. The van der Waals surface area contributed by atoms with E-state index in [9.17, 15) is 12.6 Å². The number of nitrogens with two attached hydrogens (primary N) is 1. The van der Waals surface area contributed by atoms with Crippen molar-refractivity contribution in [3.63, 3.8) is 0 Å². The summed E-state index contributed by atoms with van der Waals surface area (Å²) in [6.07, 6.45) is 11.1. The molecular weight excluding hydrogens is 358 g/mol. The molecule has 0 amide bonds. The molecule has 1 unspecified atom stereocenters. The molecule has 1 aromatic carbocycles. The standard InChI is InChI=1S/C18H25NO4S2/c19-25(21,22)23-15-10-11-16-17(13-24(20)18(16)12-15)14-8-6-4-2-1-3-5-7-9-14/h10-14H,1-9H2,(H2,19,21,22). The maximum atomic E-state index is 12.5. The third-order valence-electron chi connectivity index (χ3n) is 4.97. The first kappa shape index (κ1) is 18.6. The lowest BCUT2D eigenvalue weighted by Gasteiger charge is -2.20. The van der Waals surface area contributed by atoms with Crippen LogP contribution < -0.4 is 9.32 Å². The van der Waals surface area contributed by atoms with E-state index in [1.807, 2.05) is 11.5 Å². The van der Waals surface area contributed by atoms with Crippen molar-refractivity contribution in [2.45, 2.75) is 62.7 Å². The van der Waals surface area contributed by atoms with Crippen LogP contribution in [0.15, 0.2) is 28.5 Å². The predicted molar refractivity (Wildman–Crippen MR) is 99.6 cm³/mol. The molecule has 0 bridgehead atoms. The Hall–Kier alpha value is -1.18. The van der Waals surface area contributed by atoms with Gasteiger partial charge in [0.1, 0.15) is 5.75 Å². The first-order valence-corrected chi connectivity index (χ1v) is 11.6. The SMILES string of the molecule is NS(=O)(=O)Oc1ccc2c(c1)S(=O)C=C2C1CCCCCCCCC1. The van der Waals surface area contributed by atoms with Crippen molar-refractivity contribution in [1.29, 1.82) is 0 Å². The number of rotatable bonds is 3. The van der Waals surface area contributed by atoms with E-state index >= 15 is 0 Å². The van der Waals surface area contributed by atoms with Crippen molar-refractivity contribution in [2.24, 2.45) is 11.1 Å². The second-order valence-corrected chi connectivity index (χ2v) is 9.28. The van der Waals surface area contributed by atoms with Gasteiger partial charge in [0, 0.05) is 5.41 Å². The van der Waals surface area contributed by atoms with Gasteiger partial charge in [-0.3, -0.25) is 0 Å². The zero-order valence-corrected chi connectivity index (χ0v) is 15.9. The summed E-state index contributed by atoms with van der Waals surface area (Å²) in [5.41, 5.74) is 2.11. The summed E-state index contributed by atoms with van der Waals surface area (Å²) in [4.78, 5) is 0.619. The molecule has 2 aliphatic rings. The molecule has 0 spiro atoms. The summed E-state index contributed by atoms with van der Waals surface area (Å²) in [7, 11) is -5.34. The topological polar surface area (TPSA) is 86.5 Å². The Bertz CT molecular complexity index is 776. The smallest absolute Gasteiger partial charge is 0.371 e. The summed E-state index contributed by atoms with van der Waals surface area (Å²) < 4.78 is 39.4. The lowest BCUT2D eigenvalue weighted by atomic mass is 9.84. The highest BCUT2D eigenvalue weighted by atomic mass is 32.2. The molecule has 0 radical (unpaired) electrons. The minimum Gasteiger partial charge on any atom is -0.371 e. The highest BCUT2D eigenvalue weighted by Crippen LogP contribution is 2.41. The van der Waals surface area contributed by atoms with Crippen LogP contribution in [0.3, 0.4) is 0 Å². The largest absolute Gasteiger partial charge is 0.380 e. The highest BCUT2D eigenvalue weighted by molar-refractivity contribution is 7.88. The minimum atomic E-state index is -4.08. The van der Waals surface area contributed by atoms with E-state index in [0.29, 0.717) is 10.8 Å². The van der Waals surface area contributed by atoms with Crippen molar-refractivity contribution in [1.82, 2.24) is 0 Å². The Balaban J connectivity index is 1.82. The van der Waals surface area contributed by atoms with Gasteiger partial charge in [0.05, 0.1) is 15.7 Å². The van der Waals surface area contributed by atoms with Crippen LogP contribution in [-0.2, 0) is 21.1 Å². The van der Waals surface area contributed by atoms with Crippen molar-refractivity contribution < 1.29 is 16.8 Å². The number of hydrogen-bond donors (Lipinski definition) is 1. The summed E-state index contributed by atoms with van der Waals surface area (Å²) in [5, 5.41) is 6.75. The summed E-state index contributed by atoms with van der Waals surface area (Å²) >= 11 is 0. The second-order valence-electron chi connectivity index (χ2n) is 6.85. The molecule has 138 valence electrons. The molecule has 1 saturated carbocycles. The summed E-state index contributed by atoms with van der Waals surface area (Å²) in [6.45, 7) is 0. The van der Waals surface area contributed by atoms with E-state index in [1.54, 1.807) is 6.07 Å². The van der Waals surface area contributed by atoms with E-state index in [-0.39, 0.29) is 5.75 Å². The van der Waals surface area contributed by atoms with Gasteiger partial charge < -0.3 is 4.18 Å². The number of fused-ring (bicyclic) bond motifs is 1. The number of hydrogen-bond acceptors (Lipinski definition) is 4. The van der Waals surface area contributed by atoms with Gasteiger partial charge in [-0.05, 0) is 48.1 Å². The van der Waals surface area contributed by atoms with Gasteiger partial charge in [-0.1, -0.05) is 44.9 Å². The average molecular weight is 384 g/mol. The Morgan fingerprint density at radius 2 is 1.60 bits per heavy atom. The van der Waals surface area contributed by atoms with Crippen LogP contribution in [0.25, 0.3) is 5.57 Å². The van der Waals surface area contributed by atoms with Gasteiger partial charge in [0.15, 0.2) is 0 Å². The summed E-state index contributed by atoms with van der Waals surface area (Å²) in [5.74, 6) is 0.531. The van der Waals surface area contributed by atoms with Gasteiger partial charge in [0.25, 0.3) is 0 Å². The van der Waals surface area contributed by atoms with Gasteiger partial charge in [-0.25, -0.2) is 4.21 Å². The zero-order valence-electron chi connectivity index (χ0n) is 14.3. The quantitative estimate of drug-likeness (QED) is 0.858. The molecule has 2 N–H and O–H groups in total. The first-order chi connectivity index (χ1) is 11.9. The molecule has 0 saturated heterocycles. The Morgan fingerprint density at radius 1 is 1.00 bits per heavy atom. The molecule has 5 nitrogen and oxygen atoms in total. The highest BCUT2D eigenvalue weighted by Gasteiger charge is 2.27. The van der Waals surface area contributed by atoms with Crippen LogP contribution in [-0.4, -0.2) is 12.6 Å². The van der Waals surface area contributed by atoms with Crippen LogP contribution in [0.1, 0.15) is 63.4 Å². The van der Waals surface area contributed by atoms with Crippen LogP contribution in [0.2, 0.25) is 0 Å². The van der Waals surface area contributed by atoms with Crippen LogP contribution in [0.5, 0.6) is 5.75 Å². The van der Waals surface area contributed by atoms with Crippen molar-refractivity contribution in [2.75, 3.05) is 0 Å². The Kier molecular flexibility index (Phi) is 5.96. The molecule has 1 atom stereocenters. The fourth-order valence-corrected chi connectivity index (χ4v) is 5.46. The summed E-state index contributed by atoms with van der Waals surface area (Å²) in [6, 6.07) is 4.92. The molecule has 1 aromatic rings. The van der Waals surface area contributed by atoms with Crippen LogP contribution in [0, 0.1) is 5.92 Å². The molecule has 1 aliphatic heterocycles. The van der Waals surface area contributed by atoms with Gasteiger partial charge in [-0.15, -0.1) is 0 Å². The van der Waals surface area contributed by atoms with E-state index in [4.69, 9.17) is 9.32 Å². The van der Waals surface area contributed by atoms with Crippen molar-refractivity contribution in [3.05, 3.63) is 29.2 Å². The van der Waals surface area contributed by atoms with Crippen LogP contribution >= 0.6 is 0 Å². The fraction of sp³-hybridized carbons (Fsp3) is 0.556. The molecule has 0 aromatic heterocycles. The molecule has 25 heavy (non-hydrogen) atoms. The fourth-order valence-electron chi connectivity index (χ4n) is 3.77. The zero-order chi connectivity index (χ0) is 17.9. The van der Waals surface area contributed by atoms with Crippen molar-refractivity contribution in [3.8, 4) is 5.75 Å². The van der Waals surface area contributed by atoms with E-state index in [2.05, 4.69) is 0 Å². The molecule has 7 heteroatoms. The van der Waals surface area contributed by atoms with Crippen LogP contribution in [0.4, 0.5) is 0 Å². The monoisotopic (exact) mass is 383 g/mol. The van der Waals surface area contributed by atoms with Gasteiger partial charge in [0.2, 0.25) is 0 Å². The van der Waals surface area contributed by atoms with E-state index in [0.717, 1.165) is 24.0 Å². The molecule has 1 fully saturated rings. The second kappa shape index (κ2) is 8.01. The number of benzene rings is 1. The molecular formula is C18H25NO4S2. The normalized spacial score (nSPS) is 22.9. The predicted octanol–water partition coefficient (Wildman–Crippen LogP) is 3.87. The first-order valence-electron chi connectivity index (χ1n) is 8.93. The molecule has 3 rings (SSSR count). The van der Waals surface area contributed by atoms with Gasteiger partial charge >= 0.3 is 10.3 Å². The maximum absolute atomic E-state index is 12.5. The third kappa shape index (κ3) is 4.92. The Labute approximate surface area is 152 Å². The lowest BCUT2D eigenvalue weighted by molar-refractivity contribution is 0.452. The minimum absolute atomic E-state index is 0.107. The number of allylic oxidation sites excluding steroid dienone is 1. The lowest BCUT2D eigenvalue weighted by Crippen LogP contribution is -2.19. The maximum Gasteiger partial charge on any atom is 0.380 e. The van der Waals surface area contributed by atoms with E-state index in [1.165, 1.54) is 51.0 Å².